The number of likely N-dealkylation sites (tertiary alicyclic amines) is 1. The Morgan fingerprint density at radius 2 is 1.81 bits per heavy atom. The highest BCUT2D eigenvalue weighted by atomic mass is 19.1. The number of hydrogen-bond donors (Lipinski definition) is 1. The minimum Gasteiger partial charge on any atom is -0.379 e. The van der Waals surface area contributed by atoms with E-state index in [1.165, 1.54) is 19.2 Å². The first-order valence-corrected chi connectivity index (χ1v) is 12.7. The zero-order valence-electron chi connectivity index (χ0n) is 21.9. The zero-order chi connectivity index (χ0) is 26.7. The summed E-state index contributed by atoms with van der Waals surface area (Å²) in [6.45, 7) is 4.81. The minimum absolute atomic E-state index is 0.0522. The van der Waals surface area contributed by atoms with Gasteiger partial charge in [-0.15, -0.1) is 0 Å². The molecule has 4 rings (SSSR count). The van der Waals surface area contributed by atoms with Gasteiger partial charge in [-0.05, 0) is 62.1 Å². The maximum Gasteiger partial charge on any atom is 0.252 e. The molecular formula is C28H35FN4O4. The highest BCUT2D eigenvalue weighted by Gasteiger charge is 2.53. The number of piperidine rings is 1. The molecule has 8 nitrogen and oxygen atoms in total. The maximum atomic E-state index is 14.0. The smallest absolute Gasteiger partial charge is 0.252 e. The van der Waals surface area contributed by atoms with E-state index in [1.807, 2.05) is 37.3 Å². The summed E-state index contributed by atoms with van der Waals surface area (Å²) in [7, 11) is 3.27. The summed E-state index contributed by atoms with van der Waals surface area (Å²) in [5, 5.41) is 2.76. The number of nitrogens with zero attached hydrogens (tertiary/aromatic N) is 3. The van der Waals surface area contributed by atoms with Crippen molar-refractivity contribution in [2.24, 2.45) is 0 Å². The summed E-state index contributed by atoms with van der Waals surface area (Å²) < 4.78 is 19.5. The fourth-order valence-corrected chi connectivity index (χ4v) is 5.32. The highest BCUT2D eigenvalue weighted by molar-refractivity contribution is 5.98. The lowest BCUT2D eigenvalue weighted by Gasteiger charge is -2.44. The monoisotopic (exact) mass is 510 g/mol. The first kappa shape index (κ1) is 26.6. The number of carbonyl (C=O) groups is 3. The van der Waals surface area contributed by atoms with Gasteiger partial charge in [-0.3, -0.25) is 14.4 Å². The second-order valence-electron chi connectivity index (χ2n) is 9.86. The molecule has 2 aromatic rings. The number of nitrogens with one attached hydrogen (secondary N) is 1. The maximum absolute atomic E-state index is 14.0. The van der Waals surface area contributed by atoms with Crippen molar-refractivity contribution in [2.45, 2.75) is 50.8 Å². The highest BCUT2D eigenvalue weighted by Crippen LogP contribution is 2.39. The van der Waals surface area contributed by atoms with Crippen molar-refractivity contribution in [3.63, 3.8) is 0 Å². The number of halogens is 1. The van der Waals surface area contributed by atoms with E-state index in [-0.39, 0.29) is 17.4 Å². The molecule has 2 atom stereocenters. The third-order valence-electron chi connectivity index (χ3n) is 7.61. The van der Waals surface area contributed by atoms with Crippen LogP contribution >= 0.6 is 0 Å². The Kier molecular flexibility index (Phi) is 7.82. The van der Waals surface area contributed by atoms with Gasteiger partial charge in [0.2, 0.25) is 11.8 Å². The van der Waals surface area contributed by atoms with E-state index in [0.29, 0.717) is 44.6 Å². The van der Waals surface area contributed by atoms with Crippen molar-refractivity contribution in [1.82, 2.24) is 15.1 Å². The van der Waals surface area contributed by atoms with Crippen molar-refractivity contribution >= 4 is 23.4 Å². The normalized spacial score (nSPS) is 18.7. The largest absolute Gasteiger partial charge is 0.379 e. The molecule has 0 saturated carbocycles. The van der Waals surface area contributed by atoms with Gasteiger partial charge in [0.15, 0.2) is 0 Å². The third kappa shape index (κ3) is 5.18. The Bertz CT molecular complexity index is 1150. The molecule has 2 aliphatic rings. The lowest BCUT2D eigenvalue weighted by Crippen LogP contribution is -2.61. The van der Waals surface area contributed by atoms with E-state index in [2.05, 4.69) is 10.2 Å². The molecule has 0 radical (unpaired) electrons. The fourth-order valence-electron chi connectivity index (χ4n) is 5.32. The van der Waals surface area contributed by atoms with Gasteiger partial charge in [-0.25, -0.2) is 4.39 Å². The van der Waals surface area contributed by atoms with Crippen LogP contribution in [0.25, 0.3) is 0 Å². The SMILES string of the molecule is CCc1cc(F)cc(C(=O)N[C@H](C(=O)N2CCC3(CC2)C(=O)N(C)CN3c2ccccc2)C(C)OC)c1. The van der Waals surface area contributed by atoms with Gasteiger partial charge in [0.1, 0.15) is 17.4 Å². The summed E-state index contributed by atoms with van der Waals surface area (Å²) >= 11 is 0. The number of carbonyl (C=O) groups excluding carboxylic acids is 3. The number of methoxy groups -OCH3 is 1. The Hall–Kier alpha value is -3.46. The van der Waals surface area contributed by atoms with Gasteiger partial charge in [0.25, 0.3) is 5.91 Å². The van der Waals surface area contributed by atoms with E-state index >= 15 is 0 Å². The van der Waals surface area contributed by atoms with Crippen molar-refractivity contribution in [3.8, 4) is 0 Å². The number of rotatable bonds is 7. The number of anilines is 1. The number of likely N-dealkylation sites (N-methyl/N-ethyl adjacent to an activating group) is 1. The lowest BCUT2D eigenvalue weighted by molar-refractivity contribution is -0.141. The molecule has 0 aromatic heterocycles. The molecule has 37 heavy (non-hydrogen) atoms. The second kappa shape index (κ2) is 10.9. The predicted octanol–water partition coefficient (Wildman–Crippen LogP) is 2.82. The van der Waals surface area contributed by atoms with Crippen LogP contribution < -0.4 is 10.2 Å². The Morgan fingerprint density at radius 1 is 1.14 bits per heavy atom. The van der Waals surface area contributed by atoms with Crippen molar-refractivity contribution in [1.29, 1.82) is 0 Å². The molecule has 2 fully saturated rings. The van der Waals surface area contributed by atoms with Crippen LogP contribution in [0.15, 0.2) is 48.5 Å². The van der Waals surface area contributed by atoms with Crippen LogP contribution in [0.4, 0.5) is 10.1 Å². The van der Waals surface area contributed by atoms with Crippen LogP contribution in [-0.2, 0) is 20.7 Å². The van der Waals surface area contributed by atoms with E-state index < -0.39 is 29.4 Å². The average Bonchev–Trinajstić information content (AvgIpc) is 3.16. The number of hydrogen-bond acceptors (Lipinski definition) is 5. The van der Waals surface area contributed by atoms with Crippen LogP contribution in [0.1, 0.15) is 42.6 Å². The van der Waals surface area contributed by atoms with Crippen LogP contribution in [-0.4, -0.2) is 79.1 Å². The number of para-hydroxylation sites is 1. The summed E-state index contributed by atoms with van der Waals surface area (Å²) in [6, 6.07) is 13.1. The van der Waals surface area contributed by atoms with E-state index in [4.69, 9.17) is 4.74 Å². The summed E-state index contributed by atoms with van der Waals surface area (Å²) in [5.41, 5.74) is 1.12. The average molecular weight is 511 g/mol. The van der Waals surface area contributed by atoms with Gasteiger partial charge in [0, 0.05) is 38.5 Å². The van der Waals surface area contributed by atoms with Gasteiger partial charge >= 0.3 is 0 Å². The summed E-state index contributed by atoms with van der Waals surface area (Å²) in [6.07, 6.45) is 0.926. The third-order valence-corrected chi connectivity index (χ3v) is 7.61. The Balaban J connectivity index is 1.50. The molecule has 2 heterocycles. The van der Waals surface area contributed by atoms with Crippen molar-refractivity contribution < 1.29 is 23.5 Å². The molecule has 198 valence electrons. The Labute approximate surface area is 217 Å². The van der Waals surface area contributed by atoms with Crippen molar-refractivity contribution in [2.75, 3.05) is 38.8 Å². The lowest BCUT2D eigenvalue weighted by atomic mass is 9.85. The second-order valence-corrected chi connectivity index (χ2v) is 9.86. The van der Waals surface area contributed by atoms with Crippen molar-refractivity contribution in [3.05, 3.63) is 65.5 Å². The molecule has 2 aromatic carbocycles. The van der Waals surface area contributed by atoms with E-state index in [0.717, 1.165) is 5.69 Å². The summed E-state index contributed by atoms with van der Waals surface area (Å²) in [4.78, 5) is 45.4. The van der Waals surface area contributed by atoms with Crippen LogP contribution in [0.5, 0.6) is 0 Å². The minimum atomic E-state index is -0.952. The molecule has 1 unspecified atom stereocenters. The Morgan fingerprint density at radius 3 is 2.43 bits per heavy atom. The molecule has 0 bridgehead atoms. The van der Waals surface area contributed by atoms with Crippen LogP contribution in [0.2, 0.25) is 0 Å². The number of amides is 3. The molecule has 1 N–H and O–H groups in total. The first-order valence-electron chi connectivity index (χ1n) is 12.7. The predicted molar refractivity (Wildman–Crippen MR) is 139 cm³/mol. The summed E-state index contributed by atoms with van der Waals surface area (Å²) in [5.74, 6) is -1.26. The van der Waals surface area contributed by atoms with Crippen LogP contribution in [0.3, 0.4) is 0 Å². The number of ether oxygens (including phenoxy) is 1. The van der Waals surface area contributed by atoms with Crippen LogP contribution in [0, 0.1) is 5.82 Å². The van der Waals surface area contributed by atoms with Gasteiger partial charge in [-0.1, -0.05) is 25.1 Å². The molecule has 2 aliphatic heterocycles. The molecule has 3 amide bonds. The molecule has 2 saturated heterocycles. The first-order chi connectivity index (χ1) is 17.7. The zero-order valence-corrected chi connectivity index (χ0v) is 21.9. The van der Waals surface area contributed by atoms with E-state index in [9.17, 15) is 18.8 Å². The number of benzene rings is 2. The fraction of sp³-hybridized carbons (Fsp3) is 0.464. The standard InChI is InChI=1S/C28H35FN4O4/c1-5-20-15-21(17-22(29)16-20)25(34)30-24(19(2)37-4)26(35)32-13-11-28(12-14-32)27(36)31(3)18-33(28)23-9-7-6-8-10-23/h6-10,15-17,19,24H,5,11-14,18H2,1-4H3,(H,30,34)/t19?,24-/m0/s1. The van der Waals surface area contributed by atoms with E-state index in [1.54, 1.807) is 29.8 Å². The molecule has 9 heteroatoms. The molecule has 1 spiro atoms. The topological polar surface area (TPSA) is 82.2 Å². The van der Waals surface area contributed by atoms with Gasteiger partial charge in [0.05, 0.1) is 12.8 Å². The number of aryl methyl sites for hydroxylation is 1. The molecular weight excluding hydrogens is 475 g/mol. The van der Waals surface area contributed by atoms with Gasteiger partial charge < -0.3 is 24.8 Å². The quantitative estimate of drug-likeness (QED) is 0.620. The molecule has 0 aliphatic carbocycles. The van der Waals surface area contributed by atoms with Gasteiger partial charge in [-0.2, -0.15) is 0 Å².